The number of hydrogen-bond acceptors (Lipinski definition) is 2. The highest BCUT2D eigenvalue weighted by molar-refractivity contribution is 5.97. The van der Waals surface area contributed by atoms with Crippen LogP contribution in [0.1, 0.15) is 34.3 Å². The molecular weight excluding hydrogens is 274 g/mol. The van der Waals surface area contributed by atoms with E-state index in [0.717, 1.165) is 17.6 Å². The maximum atomic E-state index is 12.8. The quantitative estimate of drug-likeness (QED) is 0.747. The highest BCUT2D eigenvalue weighted by Gasteiger charge is 2.26. The van der Waals surface area contributed by atoms with Gasteiger partial charge in [0.2, 0.25) is 0 Å². The van der Waals surface area contributed by atoms with Gasteiger partial charge < -0.3 is 9.88 Å². The fourth-order valence-electron chi connectivity index (χ4n) is 3.26. The van der Waals surface area contributed by atoms with E-state index in [0.29, 0.717) is 18.0 Å². The minimum Gasteiger partial charge on any atom is -0.345 e. The largest absolute Gasteiger partial charge is 0.345 e. The first-order chi connectivity index (χ1) is 10.7. The second kappa shape index (κ2) is 4.98. The number of rotatable bonds is 1. The number of aromatic nitrogens is 2. The topological polar surface area (TPSA) is 49.0 Å². The zero-order chi connectivity index (χ0) is 15.1. The Kier molecular flexibility index (Phi) is 2.96. The molecule has 22 heavy (non-hydrogen) atoms. The lowest BCUT2D eigenvalue weighted by atomic mass is 9.91. The van der Waals surface area contributed by atoms with Gasteiger partial charge in [0.1, 0.15) is 0 Å². The van der Waals surface area contributed by atoms with Crippen molar-refractivity contribution in [2.75, 3.05) is 6.54 Å². The molecule has 1 aliphatic rings. The SMILES string of the molecule is CC1CN(C(=O)c2ccc3nc[nH]c3c2)Cc2ccccc21. The molecule has 110 valence electrons. The number of hydrogen-bond donors (Lipinski definition) is 1. The second-order valence-electron chi connectivity index (χ2n) is 5.92. The van der Waals surface area contributed by atoms with Gasteiger partial charge in [-0.15, -0.1) is 0 Å². The van der Waals surface area contributed by atoms with Crippen LogP contribution in [-0.4, -0.2) is 27.3 Å². The molecule has 0 radical (unpaired) electrons. The molecule has 0 saturated carbocycles. The molecule has 0 aliphatic carbocycles. The Bertz CT molecular complexity index is 852. The third kappa shape index (κ3) is 2.08. The Balaban J connectivity index is 1.66. The summed E-state index contributed by atoms with van der Waals surface area (Å²) in [6.07, 6.45) is 1.65. The second-order valence-corrected chi connectivity index (χ2v) is 5.92. The van der Waals surface area contributed by atoms with Gasteiger partial charge in [-0.25, -0.2) is 4.98 Å². The van der Waals surface area contributed by atoms with Gasteiger partial charge in [0.15, 0.2) is 0 Å². The lowest BCUT2D eigenvalue weighted by molar-refractivity contribution is 0.0721. The normalized spacial score (nSPS) is 17.5. The number of H-pyrrole nitrogens is 1. The van der Waals surface area contributed by atoms with Crippen molar-refractivity contribution in [2.45, 2.75) is 19.4 Å². The van der Waals surface area contributed by atoms with E-state index < -0.39 is 0 Å². The fraction of sp³-hybridized carbons (Fsp3) is 0.222. The van der Waals surface area contributed by atoms with Crippen molar-refractivity contribution >= 4 is 16.9 Å². The zero-order valence-corrected chi connectivity index (χ0v) is 12.4. The molecule has 1 unspecified atom stereocenters. The van der Waals surface area contributed by atoms with Crippen LogP contribution in [-0.2, 0) is 6.54 Å². The van der Waals surface area contributed by atoms with Crippen LogP contribution in [0.25, 0.3) is 11.0 Å². The molecule has 3 aromatic rings. The van der Waals surface area contributed by atoms with Crippen LogP contribution >= 0.6 is 0 Å². The maximum absolute atomic E-state index is 12.8. The summed E-state index contributed by atoms with van der Waals surface area (Å²) in [4.78, 5) is 22.0. The molecule has 0 bridgehead atoms. The number of fused-ring (bicyclic) bond motifs is 2. The molecule has 0 fully saturated rings. The van der Waals surface area contributed by atoms with E-state index in [2.05, 4.69) is 35.1 Å². The average Bonchev–Trinajstić information content (AvgIpc) is 3.01. The van der Waals surface area contributed by atoms with Crippen molar-refractivity contribution in [3.8, 4) is 0 Å². The number of aromatic amines is 1. The van der Waals surface area contributed by atoms with Crippen molar-refractivity contribution in [1.29, 1.82) is 0 Å². The predicted molar refractivity (Wildman–Crippen MR) is 85.7 cm³/mol. The third-order valence-electron chi connectivity index (χ3n) is 4.40. The van der Waals surface area contributed by atoms with E-state index in [1.807, 2.05) is 29.2 Å². The van der Waals surface area contributed by atoms with Gasteiger partial charge in [0.05, 0.1) is 17.4 Å². The van der Waals surface area contributed by atoms with E-state index in [1.165, 1.54) is 11.1 Å². The minimum absolute atomic E-state index is 0.0813. The van der Waals surface area contributed by atoms with Crippen molar-refractivity contribution in [3.05, 3.63) is 65.5 Å². The Morgan fingerprint density at radius 2 is 2.14 bits per heavy atom. The van der Waals surface area contributed by atoms with Crippen LogP contribution in [0, 0.1) is 0 Å². The molecule has 0 saturated heterocycles. The summed E-state index contributed by atoms with van der Waals surface area (Å²) < 4.78 is 0. The molecule has 1 aromatic heterocycles. The number of nitrogens with zero attached hydrogens (tertiary/aromatic N) is 2. The summed E-state index contributed by atoms with van der Waals surface area (Å²) in [7, 11) is 0. The van der Waals surface area contributed by atoms with Crippen LogP contribution in [0.2, 0.25) is 0 Å². The summed E-state index contributed by atoms with van der Waals surface area (Å²) in [6, 6.07) is 14.0. The van der Waals surface area contributed by atoms with Gasteiger partial charge in [-0.2, -0.15) is 0 Å². The van der Waals surface area contributed by atoms with Gasteiger partial charge in [-0.1, -0.05) is 31.2 Å². The van der Waals surface area contributed by atoms with Crippen LogP contribution in [0.3, 0.4) is 0 Å². The number of benzene rings is 2. The lowest BCUT2D eigenvalue weighted by Gasteiger charge is -2.33. The van der Waals surface area contributed by atoms with Gasteiger partial charge >= 0.3 is 0 Å². The van der Waals surface area contributed by atoms with Crippen LogP contribution in [0.4, 0.5) is 0 Å². The molecule has 2 aromatic carbocycles. The third-order valence-corrected chi connectivity index (χ3v) is 4.40. The molecular formula is C18H17N3O. The Labute approximate surface area is 128 Å². The molecule has 4 heteroatoms. The number of carbonyl (C=O) groups is 1. The predicted octanol–water partition coefficient (Wildman–Crippen LogP) is 3.32. The van der Waals surface area contributed by atoms with Crippen LogP contribution < -0.4 is 0 Å². The summed E-state index contributed by atoms with van der Waals surface area (Å²) in [5.74, 6) is 0.447. The maximum Gasteiger partial charge on any atom is 0.254 e. The fourth-order valence-corrected chi connectivity index (χ4v) is 3.26. The zero-order valence-electron chi connectivity index (χ0n) is 12.4. The Hall–Kier alpha value is -2.62. The number of nitrogens with one attached hydrogen (secondary N) is 1. The molecule has 4 nitrogen and oxygen atoms in total. The standard InChI is InChI=1S/C18H17N3O/c1-12-9-21(10-14-4-2-3-5-15(12)14)18(22)13-6-7-16-17(8-13)20-11-19-16/h2-8,11-12H,9-10H2,1H3,(H,19,20). The first-order valence-electron chi connectivity index (χ1n) is 7.52. The van der Waals surface area contributed by atoms with Crippen molar-refractivity contribution in [3.63, 3.8) is 0 Å². The highest BCUT2D eigenvalue weighted by atomic mass is 16.2. The van der Waals surface area contributed by atoms with E-state index in [-0.39, 0.29) is 5.91 Å². The monoisotopic (exact) mass is 291 g/mol. The van der Waals surface area contributed by atoms with Crippen molar-refractivity contribution in [1.82, 2.24) is 14.9 Å². The molecule has 1 aliphatic heterocycles. The summed E-state index contributed by atoms with van der Waals surface area (Å²) in [5, 5.41) is 0. The van der Waals surface area contributed by atoms with Gasteiger partial charge in [0, 0.05) is 18.7 Å². The number of carbonyl (C=O) groups excluding carboxylic acids is 1. The molecule has 1 atom stereocenters. The highest BCUT2D eigenvalue weighted by Crippen LogP contribution is 2.28. The molecule has 2 heterocycles. The van der Waals surface area contributed by atoms with E-state index in [4.69, 9.17) is 0 Å². The number of amides is 1. The van der Waals surface area contributed by atoms with Crippen molar-refractivity contribution < 1.29 is 4.79 Å². The molecule has 0 spiro atoms. The number of imidazole rings is 1. The minimum atomic E-state index is 0.0813. The molecule has 1 N–H and O–H groups in total. The van der Waals surface area contributed by atoms with Crippen molar-refractivity contribution in [2.24, 2.45) is 0 Å². The summed E-state index contributed by atoms with van der Waals surface area (Å²) >= 11 is 0. The van der Waals surface area contributed by atoms with E-state index in [9.17, 15) is 4.79 Å². The van der Waals surface area contributed by atoms with Crippen LogP contribution in [0.15, 0.2) is 48.8 Å². The average molecular weight is 291 g/mol. The first-order valence-corrected chi connectivity index (χ1v) is 7.52. The van der Waals surface area contributed by atoms with Gasteiger partial charge in [-0.05, 0) is 35.2 Å². The summed E-state index contributed by atoms with van der Waals surface area (Å²) in [6.45, 7) is 3.62. The Morgan fingerprint density at radius 3 is 3.05 bits per heavy atom. The van der Waals surface area contributed by atoms with Gasteiger partial charge in [-0.3, -0.25) is 4.79 Å². The smallest absolute Gasteiger partial charge is 0.254 e. The van der Waals surface area contributed by atoms with Gasteiger partial charge in [0.25, 0.3) is 5.91 Å². The Morgan fingerprint density at radius 1 is 1.27 bits per heavy atom. The summed E-state index contributed by atoms with van der Waals surface area (Å²) in [5.41, 5.74) is 5.10. The molecule has 4 rings (SSSR count). The van der Waals surface area contributed by atoms with Crippen LogP contribution in [0.5, 0.6) is 0 Å². The first kappa shape index (κ1) is 13.1. The molecule has 1 amide bonds. The lowest BCUT2D eigenvalue weighted by Crippen LogP contribution is -2.37. The van der Waals surface area contributed by atoms with E-state index in [1.54, 1.807) is 6.33 Å². The van der Waals surface area contributed by atoms with E-state index >= 15 is 0 Å².